The lowest BCUT2D eigenvalue weighted by atomic mass is 9.97. The Morgan fingerprint density at radius 1 is 0.660 bits per heavy atom. The molecule has 0 saturated carbocycles. The van der Waals surface area contributed by atoms with E-state index in [4.69, 9.17) is 18.9 Å². The number of likely N-dealkylation sites (tertiary alicyclic amines) is 1. The molecule has 1 heterocycles. The van der Waals surface area contributed by atoms with Gasteiger partial charge in [0.1, 0.15) is 12.2 Å². The third-order valence-electron chi connectivity index (χ3n) is 8.92. The topological polar surface area (TPSA) is 108 Å². The van der Waals surface area contributed by atoms with Crippen molar-refractivity contribution >= 4 is 24.0 Å². The van der Waals surface area contributed by atoms with E-state index in [2.05, 4.69) is 27.7 Å². The number of esters is 3. The molecule has 1 aliphatic heterocycles. The Balaban J connectivity index is 2.76. The minimum absolute atomic E-state index is 0.0269. The van der Waals surface area contributed by atoms with Gasteiger partial charge in [0.2, 0.25) is 0 Å². The first-order valence-electron chi connectivity index (χ1n) is 18.9. The molecule has 1 rings (SSSR count). The van der Waals surface area contributed by atoms with Crippen LogP contribution in [-0.4, -0.2) is 66.4 Å². The van der Waals surface area contributed by atoms with E-state index in [9.17, 15) is 19.2 Å². The van der Waals surface area contributed by atoms with Crippen molar-refractivity contribution in [1.29, 1.82) is 0 Å². The zero-order valence-corrected chi connectivity index (χ0v) is 31.1. The molecule has 0 aliphatic carbocycles. The smallest absolute Gasteiger partial charge is 0.410 e. The first-order valence-corrected chi connectivity index (χ1v) is 18.9. The van der Waals surface area contributed by atoms with Crippen molar-refractivity contribution in [1.82, 2.24) is 4.90 Å². The zero-order chi connectivity index (χ0) is 35.1. The lowest BCUT2D eigenvalue weighted by Crippen LogP contribution is -2.46. The number of carbonyl (C=O) groups excluding carboxylic acids is 4. The molecule has 1 fully saturated rings. The van der Waals surface area contributed by atoms with Gasteiger partial charge in [0, 0.05) is 25.3 Å². The largest absolute Gasteiger partial charge is 0.466 e. The number of hydrogen-bond donors (Lipinski definition) is 0. The molecule has 0 aromatic carbocycles. The van der Waals surface area contributed by atoms with E-state index >= 15 is 0 Å². The summed E-state index contributed by atoms with van der Waals surface area (Å²) < 4.78 is 22.4. The number of carbonyl (C=O) groups is 4. The van der Waals surface area contributed by atoms with Crippen LogP contribution < -0.4 is 0 Å². The van der Waals surface area contributed by atoms with Gasteiger partial charge in [0.15, 0.2) is 0 Å². The number of unbranched alkanes of at least 4 members (excludes halogenated alkanes) is 10. The second-order valence-corrected chi connectivity index (χ2v) is 14.7. The van der Waals surface area contributed by atoms with Gasteiger partial charge in [-0.25, -0.2) is 4.79 Å². The van der Waals surface area contributed by atoms with Crippen LogP contribution in [0.15, 0.2) is 0 Å². The highest BCUT2D eigenvalue weighted by atomic mass is 16.6. The lowest BCUT2D eigenvalue weighted by Gasteiger charge is -2.33. The summed E-state index contributed by atoms with van der Waals surface area (Å²) in [6.07, 6.45) is 15.8. The van der Waals surface area contributed by atoms with Gasteiger partial charge in [-0.2, -0.15) is 0 Å². The van der Waals surface area contributed by atoms with Crippen LogP contribution in [0.3, 0.4) is 0 Å². The van der Waals surface area contributed by atoms with Crippen LogP contribution in [0.25, 0.3) is 0 Å². The Morgan fingerprint density at radius 3 is 1.57 bits per heavy atom. The Labute approximate surface area is 286 Å². The van der Waals surface area contributed by atoms with Crippen LogP contribution in [0.4, 0.5) is 4.79 Å². The summed E-state index contributed by atoms with van der Waals surface area (Å²) in [6.45, 7) is 14.9. The Morgan fingerprint density at radius 2 is 1.11 bits per heavy atom. The van der Waals surface area contributed by atoms with E-state index in [1.165, 1.54) is 38.5 Å². The first-order chi connectivity index (χ1) is 22.4. The van der Waals surface area contributed by atoms with Crippen LogP contribution in [0.5, 0.6) is 0 Å². The highest BCUT2D eigenvalue weighted by Crippen LogP contribution is 2.31. The van der Waals surface area contributed by atoms with Gasteiger partial charge in [0.05, 0.1) is 19.3 Å². The number of amides is 1. The highest BCUT2D eigenvalue weighted by Gasteiger charge is 2.40. The fourth-order valence-electron chi connectivity index (χ4n) is 6.03. The molecule has 1 saturated heterocycles. The zero-order valence-electron chi connectivity index (χ0n) is 31.1. The van der Waals surface area contributed by atoms with Crippen LogP contribution in [0.1, 0.15) is 170 Å². The van der Waals surface area contributed by atoms with Crippen molar-refractivity contribution in [3.63, 3.8) is 0 Å². The third-order valence-corrected chi connectivity index (χ3v) is 8.92. The molecule has 274 valence electrons. The van der Waals surface area contributed by atoms with Crippen molar-refractivity contribution in [2.75, 3.05) is 19.8 Å². The first kappa shape index (κ1) is 42.7. The van der Waals surface area contributed by atoms with E-state index in [0.717, 1.165) is 57.8 Å². The summed E-state index contributed by atoms with van der Waals surface area (Å²) in [5.41, 5.74) is -0.637. The fraction of sp³-hybridized carbons (Fsp3) is 0.895. The molecular formula is C38H69NO8. The molecule has 3 unspecified atom stereocenters. The van der Waals surface area contributed by atoms with E-state index in [0.29, 0.717) is 25.6 Å². The number of ether oxygens (including phenoxy) is 4. The van der Waals surface area contributed by atoms with Crippen LogP contribution in [0.2, 0.25) is 0 Å². The minimum Gasteiger partial charge on any atom is -0.466 e. The number of rotatable bonds is 25. The maximum atomic E-state index is 13.2. The molecule has 9 nitrogen and oxygen atoms in total. The second kappa shape index (κ2) is 24.8. The Bertz CT molecular complexity index is 853. The molecule has 0 N–H and O–H groups in total. The van der Waals surface area contributed by atoms with Crippen molar-refractivity contribution in [3.8, 4) is 0 Å². The maximum absolute atomic E-state index is 13.2. The van der Waals surface area contributed by atoms with E-state index < -0.39 is 29.4 Å². The molecular weight excluding hydrogens is 598 g/mol. The lowest BCUT2D eigenvalue weighted by molar-refractivity contribution is -0.150. The molecule has 0 aromatic rings. The molecule has 0 spiro atoms. The standard InChI is InChI=1S/C38H69NO8/c1-8-11-13-15-17-19-23-44-34(40)26-31(27-35(41)45-24-20-18-16-14-12-9-2)28-36(42)46-29-33-22-21-32(25-30(4)10-3)39(33)37(43)47-38(5,6)7/h30-33H,8-29H2,1-7H3. The number of hydrogen-bond acceptors (Lipinski definition) is 8. The molecule has 0 aromatic heterocycles. The van der Waals surface area contributed by atoms with Gasteiger partial charge >= 0.3 is 24.0 Å². The average Bonchev–Trinajstić information content (AvgIpc) is 3.40. The molecule has 1 amide bonds. The minimum atomic E-state index is -0.637. The molecule has 0 bridgehead atoms. The molecule has 3 atom stereocenters. The highest BCUT2D eigenvalue weighted by molar-refractivity contribution is 5.76. The van der Waals surface area contributed by atoms with Crippen LogP contribution >= 0.6 is 0 Å². The Kier molecular flexibility index (Phi) is 22.5. The van der Waals surface area contributed by atoms with Crippen LogP contribution in [-0.2, 0) is 33.3 Å². The predicted octanol–water partition coefficient (Wildman–Crippen LogP) is 9.33. The van der Waals surface area contributed by atoms with E-state index in [-0.39, 0.29) is 44.0 Å². The monoisotopic (exact) mass is 668 g/mol. The summed E-state index contributed by atoms with van der Waals surface area (Å²) in [4.78, 5) is 53.5. The summed E-state index contributed by atoms with van der Waals surface area (Å²) in [5, 5.41) is 0. The second-order valence-electron chi connectivity index (χ2n) is 14.7. The summed E-state index contributed by atoms with van der Waals surface area (Å²) >= 11 is 0. The molecule has 0 radical (unpaired) electrons. The van der Waals surface area contributed by atoms with Crippen molar-refractivity contribution in [2.45, 2.75) is 188 Å². The van der Waals surface area contributed by atoms with Gasteiger partial charge in [-0.3, -0.25) is 19.3 Å². The predicted molar refractivity (Wildman–Crippen MR) is 186 cm³/mol. The molecule has 9 heteroatoms. The third kappa shape index (κ3) is 20.6. The van der Waals surface area contributed by atoms with Gasteiger partial charge in [-0.1, -0.05) is 98.3 Å². The number of nitrogens with zero attached hydrogens (tertiary/aromatic N) is 1. The molecule has 1 aliphatic rings. The fourth-order valence-corrected chi connectivity index (χ4v) is 6.03. The van der Waals surface area contributed by atoms with Crippen molar-refractivity contribution < 1.29 is 38.1 Å². The SMILES string of the molecule is CCCCCCCCOC(=O)CC(CC(=O)OCCCCCCCC)CC(=O)OCC1CCC(CC(C)CC)N1C(=O)OC(C)(C)C. The quantitative estimate of drug-likeness (QED) is 0.0538. The van der Waals surface area contributed by atoms with Gasteiger partial charge in [-0.15, -0.1) is 0 Å². The average molecular weight is 668 g/mol. The van der Waals surface area contributed by atoms with Gasteiger partial charge in [0.25, 0.3) is 0 Å². The van der Waals surface area contributed by atoms with Gasteiger partial charge < -0.3 is 18.9 Å². The van der Waals surface area contributed by atoms with E-state index in [1.54, 1.807) is 4.90 Å². The maximum Gasteiger partial charge on any atom is 0.410 e. The van der Waals surface area contributed by atoms with E-state index in [1.807, 2.05) is 20.8 Å². The van der Waals surface area contributed by atoms with Gasteiger partial charge in [-0.05, 0) is 64.7 Å². The normalized spacial score (nSPS) is 17.1. The summed E-state index contributed by atoms with van der Waals surface area (Å²) in [5.74, 6) is -1.47. The van der Waals surface area contributed by atoms with Crippen molar-refractivity contribution in [3.05, 3.63) is 0 Å². The Hall–Kier alpha value is -2.32. The van der Waals surface area contributed by atoms with Crippen LogP contribution in [0, 0.1) is 11.8 Å². The summed E-state index contributed by atoms with van der Waals surface area (Å²) in [7, 11) is 0. The van der Waals surface area contributed by atoms with Crippen molar-refractivity contribution in [2.24, 2.45) is 11.8 Å². The summed E-state index contributed by atoms with van der Waals surface area (Å²) in [6, 6.07) is -0.259. The molecule has 47 heavy (non-hydrogen) atoms.